The molecule has 2 aromatic heterocycles. The predicted molar refractivity (Wildman–Crippen MR) is 159 cm³/mol. The molecule has 0 radical (unpaired) electrons. The van der Waals surface area contributed by atoms with Crippen LogP contribution in [0.5, 0.6) is 11.5 Å². The summed E-state index contributed by atoms with van der Waals surface area (Å²) >= 11 is 6.73. The fraction of sp³-hybridized carbons (Fsp3) is 0.357. The van der Waals surface area contributed by atoms with E-state index in [4.69, 9.17) is 31.4 Å². The Bertz CT molecular complexity index is 1470. The largest absolute Gasteiger partial charge is 0.493 e. The van der Waals surface area contributed by atoms with Crippen molar-refractivity contribution in [1.29, 1.82) is 0 Å². The van der Waals surface area contributed by atoms with Crippen LogP contribution in [0.1, 0.15) is 30.0 Å². The minimum absolute atomic E-state index is 0.235. The molecule has 0 aliphatic carbocycles. The lowest BCUT2D eigenvalue weighted by atomic mass is 10.1. The van der Waals surface area contributed by atoms with Gasteiger partial charge in [-0.25, -0.2) is 4.98 Å². The molecule has 0 saturated carbocycles. The number of thiocarbonyl (C=S) groups is 1. The number of nitrogens with zero attached hydrogens (tertiary/aromatic N) is 3. The van der Waals surface area contributed by atoms with Gasteiger partial charge in [0, 0.05) is 32.5 Å². The first-order valence-corrected chi connectivity index (χ1v) is 13.9. The Morgan fingerprint density at radius 3 is 2.69 bits per heavy atom. The SMILES string of the molecule is CCOCCCNc1nc2c(C)cccn2c(=O)c1/C=C1/SC(=S)N(CCc2ccc(OC)c(OC)c2)C1=O. The topological polar surface area (TPSA) is 94.4 Å². The molecule has 0 atom stereocenters. The van der Waals surface area contributed by atoms with E-state index < -0.39 is 0 Å². The normalized spacial score (nSPS) is 14.5. The highest BCUT2D eigenvalue weighted by Crippen LogP contribution is 2.34. The number of nitrogens with one attached hydrogen (secondary N) is 1. The van der Waals surface area contributed by atoms with E-state index in [9.17, 15) is 9.59 Å². The third kappa shape index (κ3) is 6.43. The summed E-state index contributed by atoms with van der Waals surface area (Å²) in [5.41, 5.74) is 2.48. The van der Waals surface area contributed by atoms with Gasteiger partial charge in [0.25, 0.3) is 11.5 Å². The Morgan fingerprint density at radius 2 is 1.95 bits per heavy atom. The molecule has 1 saturated heterocycles. The number of carbonyl (C=O) groups excluding carboxylic acids is 1. The van der Waals surface area contributed by atoms with E-state index in [1.165, 1.54) is 16.2 Å². The van der Waals surface area contributed by atoms with Crippen LogP contribution in [-0.2, 0) is 16.0 Å². The molecule has 3 heterocycles. The van der Waals surface area contributed by atoms with E-state index in [1.807, 2.05) is 38.1 Å². The molecule has 9 nitrogen and oxygen atoms in total. The lowest BCUT2D eigenvalue weighted by Gasteiger charge is -2.15. The molecule has 3 aromatic rings. The quantitative estimate of drug-likeness (QED) is 0.195. The van der Waals surface area contributed by atoms with Crippen molar-refractivity contribution in [3.63, 3.8) is 0 Å². The standard InChI is InChI=1S/C28H32N4O5S2/c1-5-37-15-7-12-29-24-20(26(33)31-13-6-8-18(2)25(31)30-24)17-23-27(34)32(28(38)39-23)14-11-19-9-10-21(35-3)22(16-19)36-4/h6,8-10,13,16-17,29H,5,7,11-12,14-15H2,1-4H3/b23-17+. The van der Waals surface area contributed by atoms with Gasteiger partial charge in [-0.2, -0.15) is 0 Å². The van der Waals surface area contributed by atoms with Gasteiger partial charge in [0.1, 0.15) is 15.8 Å². The number of pyridine rings is 1. The van der Waals surface area contributed by atoms with Gasteiger partial charge in [-0.1, -0.05) is 36.1 Å². The third-order valence-corrected chi connectivity index (χ3v) is 7.65. The maximum Gasteiger partial charge on any atom is 0.267 e. The number of amides is 1. The van der Waals surface area contributed by atoms with E-state index in [-0.39, 0.29) is 11.5 Å². The molecule has 0 bridgehead atoms. The van der Waals surface area contributed by atoms with Crippen molar-refractivity contribution >= 4 is 51.7 Å². The first-order valence-electron chi connectivity index (χ1n) is 12.7. The highest BCUT2D eigenvalue weighted by molar-refractivity contribution is 8.26. The molecule has 1 N–H and O–H groups in total. The fourth-order valence-corrected chi connectivity index (χ4v) is 5.49. The summed E-state index contributed by atoms with van der Waals surface area (Å²) in [5, 5.41) is 3.27. The van der Waals surface area contributed by atoms with Gasteiger partial charge in [-0.3, -0.25) is 18.9 Å². The number of methoxy groups -OCH3 is 2. The molecule has 1 amide bonds. The Kier molecular flexibility index (Phi) is 9.60. The Labute approximate surface area is 237 Å². The van der Waals surface area contributed by atoms with Gasteiger partial charge >= 0.3 is 0 Å². The molecule has 1 aliphatic heterocycles. The van der Waals surface area contributed by atoms with Gasteiger partial charge in [0.2, 0.25) is 0 Å². The van der Waals surface area contributed by atoms with Crippen LogP contribution in [0.25, 0.3) is 11.7 Å². The number of anilines is 1. The van der Waals surface area contributed by atoms with Crippen molar-refractivity contribution in [2.75, 3.05) is 45.8 Å². The second-order valence-corrected chi connectivity index (χ2v) is 10.5. The van der Waals surface area contributed by atoms with Crippen molar-refractivity contribution < 1.29 is 19.0 Å². The van der Waals surface area contributed by atoms with Crippen molar-refractivity contribution in [3.05, 3.63) is 68.5 Å². The number of fused-ring (bicyclic) bond motifs is 1. The number of aryl methyl sites for hydroxylation is 1. The van der Waals surface area contributed by atoms with Crippen LogP contribution in [0.3, 0.4) is 0 Å². The van der Waals surface area contributed by atoms with Gasteiger partial charge in [-0.05, 0) is 62.1 Å². The fourth-order valence-electron chi connectivity index (χ4n) is 4.20. The summed E-state index contributed by atoms with van der Waals surface area (Å²) in [6.07, 6.45) is 4.61. The van der Waals surface area contributed by atoms with Crippen LogP contribution in [0, 0.1) is 6.92 Å². The van der Waals surface area contributed by atoms with Crippen molar-refractivity contribution in [2.24, 2.45) is 0 Å². The van der Waals surface area contributed by atoms with Crippen LogP contribution in [0.4, 0.5) is 5.82 Å². The molecule has 39 heavy (non-hydrogen) atoms. The van der Waals surface area contributed by atoms with E-state index in [0.29, 0.717) is 70.5 Å². The minimum Gasteiger partial charge on any atom is -0.493 e. The van der Waals surface area contributed by atoms with Crippen LogP contribution in [0.15, 0.2) is 46.2 Å². The third-order valence-electron chi connectivity index (χ3n) is 6.27. The minimum atomic E-state index is -0.258. The highest BCUT2D eigenvalue weighted by Gasteiger charge is 2.32. The average Bonchev–Trinajstić information content (AvgIpc) is 3.21. The lowest BCUT2D eigenvalue weighted by molar-refractivity contribution is -0.122. The molecular formula is C28H32N4O5S2. The average molecular weight is 569 g/mol. The molecular weight excluding hydrogens is 536 g/mol. The summed E-state index contributed by atoms with van der Waals surface area (Å²) in [6, 6.07) is 9.37. The van der Waals surface area contributed by atoms with Crippen LogP contribution >= 0.6 is 24.0 Å². The lowest BCUT2D eigenvalue weighted by Crippen LogP contribution is -2.30. The zero-order chi connectivity index (χ0) is 27.9. The number of aromatic nitrogens is 2. The number of benzene rings is 1. The van der Waals surface area contributed by atoms with Gasteiger partial charge in [0.05, 0.1) is 24.7 Å². The number of ether oxygens (including phenoxy) is 3. The van der Waals surface area contributed by atoms with Gasteiger partial charge in [0.15, 0.2) is 11.5 Å². The number of carbonyl (C=O) groups is 1. The summed E-state index contributed by atoms with van der Waals surface area (Å²) in [5.74, 6) is 1.46. The highest BCUT2D eigenvalue weighted by atomic mass is 32.2. The van der Waals surface area contributed by atoms with Crippen molar-refractivity contribution in [3.8, 4) is 11.5 Å². The zero-order valence-electron chi connectivity index (χ0n) is 22.5. The Morgan fingerprint density at radius 1 is 1.15 bits per heavy atom. The van der Waals surface area contributed by atoms with E-state index >= 15 is 0 Å². The molecule has 4 rings (SSSR count). The van der Waals surface area contributed by atoms with Crippen LogP contribution in [0.2, 0.25) is 0 Å². The van der Waals surface area contributed by atoms with Crippen molar-refractivity contribution in [2.45, 2.75) is 26.7 Å². The smallest absolute Gasteiger partial charge is 0.267 e. The first-order chi connectivity index (χ1) is 18.9. The summed E-state index contributed by atoms with van der Waals surface area (Å²) in [4.78, 5) is 33.6. The zero-order valence-corrected chi connectivity index (χ0v) is 24.1. The molecule has 206 valence electrons. The number of hydrogen-bond donors (Lipinski definition) is 1. The number of hydrogen-bond acceptors (Lipinski definition) is 9. The monoisotopic (exact) mass is 568 g/mol. The Hall–Kier alpha value is -3.41. The molecule has 1 aromatic carbocycles. The van der Waals surface area contributed by atoms with Crippen molar-refractivity contribution in [1.82, 2.24) is 14.3 Å². The van der Waals surface area contributed by atoms with E-state index in [2.05, 4.69) is 5.32 Å². The molecule has 11 heteroatoms. The van der Waals surface area contributed by atoms with Gasteiger partial charge in [-0.15, -0.1) is 0 Å². The predicted octanol–water partition coefficient (Wildman–Crippen LogP) is 4.30. The summed E-state index contributed by atoms with van der Waals surface area (Å²) < 4.78 is 18.1. The second kappa shape index (κ2) is 13.1. The van der Waals surface area contributed by atoms with E-state index in [1.54, 1.807) is 37.5 Å². The molecule has 1 aliphatic rings. The second-order valence-electron chi connectivity index (χ2n) is 8.81. The molecule has 0 unspecified atom stereocenters. The first kappa shape index (κ1) is 28.6. The Balaban J connectivity index is 1.59. The number of rotatable bonds is 12. The maximum atomic E-state index is 13.5. The summed E-state index contributed by atoms with van der Waals surface area (Å²) in [7, 11) is 3.17. The molecule has 0 spiro atoms. The summed E-state index contributed by atoms with van der Waals surface area (Å²) in [6.45, 7) is 6.07. The number of thioether (sulfide) groups is 1. The van der Waals surface area contributed by atoms with E-state index in [0.717, 1.165) is 17.5 Å². The van der Waals surface area contributed by atoms with Crippen LogP contribution < -0.4 is 20.3 Å². The van der Waals surface area contributed by atoms with Crippen LogP contribution in [-0.4, -0.2) is 65.0 Å². The van der Waals surface area contributed by atoms with Gasteiger partial charge < -0.3 is 19.5 Å². The maximum absolute atomic E-state index is 13.5. The molecule has 1 fully saturated rings.